The van der Waals surface area contributed by atoms with Crippen molar-refractivity contribution in [3.63, 3.8) is 0 Å². The third-order valence-electron chi connectivity index (χ3n) is 2.73. The summed E-state index contributed by atoms with van der Waals surface area (Å²) < 4.78 is 3.25. The number of carboxylic acids is 1. The number of non-ortho nitro benzene ring substituents is 1. The number of hydrogen-bond donors (Lipinski definition) is 0. The summed E-state index contributed by atoms with van der Waals surface area (Å²) in [4.78, 5) is 19.7. The maximum atomic E-state index is 10.2. The number of unbranched alkanes of at least 4 members (excludes halogenated alkanes) is 2. The van der Waals surface area contributed by atoms with Gasteiger partial charge in [0, 0.05) is 12.1 Å². The summed E-state index contributed by atoms with van der Waals surface area (Å²) in [6.07, 6.45) is 5.84. The molecule has 0 unspecified atom stereocenters. The molecule has 0 radical (unpaired) electrons. The summed E-state index contributed by atoms with van der Waals surface area (Å²) in [5, 5.41) is 28.6. The predicted octanol–water partition coefficient (Wildman–Crippen LogP) is 1.24. The normalized spacial score (nSPS) is 8.33. The second-order valence-electron chi connectivity index (χ2n) is 4.55. The van der Waals surface area contributed by atoms with Crippen molar-refractivity contribution in [3.05, 3.63) is 39.9 Å². The molecule has 0 aliphatic carbocycles. The van der Waals surface area contributed by atoms with E-state index < -0.39 is 10.9 Å². The summed E-state index contributed by atoms with van der Waals surface area (Å²) in [7, 11) is 0.750. The molecule has 0 amide bonds. The van der Waals surface area contributed by atoms with Crippen LogP contribution in [0.3, 0.4) is 0 Å². The van der Waals surface area contributed by atoms with E-state index in [4.69, 9.17) is 5.11 Å². The van der Waals surface area contributed by atoms with Gasteiger partial charge in [0.05, 0.1) is 10.9 Å². The number of carbonyl (C=O) groups is 1. The minimum absolute atomic E-state index is 0. The van der Waals surface area contributed by atoms with Crippen LogP contribution in [-0.2, 0) is 0 Å². The monoisotopic (exact) mass is 449 g/mol. The second kappa shape index (κ2) is 19.9. The van der Waals surface area contributed by atoms with Crippen LogP contribution in [0.4, 0.5) is 5.69 Å². The Morgan fingerprint density at radius 1 is 1.04 bits per heavy atom. The van der Waals surface area contributed by atoms with Crippen LogP contribution in [0, 0.1) is 10.1 Å². The fourth-order valence-electron chi connectivity index (χ4n) is 1.45. The van der Waals surface area contributed by atoms with Gasteiger partial charge in [0.1, 0.15) is 0 Å². The third-order valence-corrected chi connectivity index (χ3v) is 6.76. The first-order valence-electron chi connectivity index (χ1n) is 7.60. The van der Waals surface area contributed by atoms with Gasteiger partial charge < -0.3 is 20.5 Å². The SMILES string of the molecule is CCC[CH2][Sn+2][CH2]CCC.C[O-].O.O=C([O-])c1ccc([N+](=O)[O-])cc1. The first-order valence-corrected chi connectivity index (χ1v) is 11.6. The summed E-state index contributed by atoms with van der Waals surface area (Å²) in [5.74, 6) is -1.34. The Morgan fingerprint density at radius 2 is 1.46 bits per heavy atom. The van der Waals surface area contributed by atoms with Crippen molar-refractivity contribution in [1.82, 2.24) is 0 Å². The number of nitro benzene ring substituents is 1. The molecule has 1 aromatic rings. The van der Waals surface area contributed by atoms with Gasteiger partial charge >= 0.3 is 69.5 Å². The fraction of sp³-hybridized carbons (Fsp3) is 0.562. The van der Waals surface area contributed by atoms with Gasteiger partial charge in [-0.25, -0.2) is 0 Å². The van der Waals surface area contributed by atoms with Gasteiger partial charge in [-0.3, -0.25) is 10.1 Å². The molecule has 8 heteroatoms. The number of carbonyl (C=O) groups excluding carboxylic acids is 1. The van der Waals surface area contributed by atoms with Crippen molar-refractivity contribution in [2.24, 2.45) is 0 Å². The average molecular weight is 448 g/mol. The van der Waals surface area contributed by atoms with E-state index in [2.05, 4.69) is 13.8 Å². The van der Waals surface area contributed by atoms with E-state index in [0.717, 1.165) is 31.4 Å². The molecule has 0 aliphatic heterocycles. The molecule has 0 bridgehead atoms. The minimum atomic E-state index is -1.34. The van der Waals surface area contributed by atoms with Crippen LogP contribution >= 0.6 is 0 Å². The number of aromatic carboxylic acids is 1. The van der Waals surface area contributed by atoms with Crippen LogP contribution in [-0.4, -0.2) is 44.6 Å². The van der Waals surface area contributed by atoms with Crippen LogP contribution in [0.1, 0.15) is 49.9 Å². The van der Waals surface area contributed by atoms with E-state index in [1.807, 2.05) is 0 Å². The second-order valence-corrected chi connectivity index (χ2v) is 8.83. The van der Waals surface area contributed by atoms with Gasteiger partial charge in [0.25, 0.3) is 5.69 Å². The van der Waals surface area contributed by atoms with Crippen molar-refractivity contribution in [1.29, 1.82) is 0 Å². The van der Waals surface area contributed by atoms with Crippen molar-refractivity contribution in [2.45, 2.75) is 48.4 Å². The Bertz CT molecular complexity index is 386. The smallest absolute Gasteiger partial charge is 0.269 e. The quantitative estimate of drug-likeness (QED) is 0.255. The van der Waals surface area contributed by atoms with E-state index in [9.17, 15) is 20.0 Å². The van der Waals surface area contributed by atoms with Crippen LogP contribution in [0.15, 0.2) is 24.3 Å². The number of nitrogens with zero attached hydrogens (tertiary/aromatic N) is 1. The van der Waals surface area contributed by atoms with Crippen LogP contribution in [0.2, 0.25) is 8.87 Å². The molecule has 0 heterocycles. The zero-order valence-corrected chi connectivity index (χ0v) is 17.4. The number of carboxylic acid groups (broad SMARTS) is 1. The summed E-state index contributed by atoms with van der Waals surface area (Å²) in [6.45, 7) is 4.58. The van der Waals surface area contributed by atoms with E-state index in [0.29, 0.717) is 0 Å². The molecule has 7 nitrogen and oxygen atoms in total. The number of nitro groups is 1. The molecule has 0 aliphatic rings. The molecular formula is C16H27NO6Sn. The zero-order chi connectivity index (χ0) is 18.1. The zero-order valence-electron chi connectivity index (χ0n) is 14.5. The summed E-state index contributed by atoms with van der Waals surface area (Å²) in [5.41, 5.74) is -0.208. The van der Waals surface area contributed by atoms with Gasteiger partial charge in [-0.2, -0.15) is 7.11 Å². The Morgan fingerprint density at radius 3 is 1.75 bits per heavy atom. The summed E-state index contributed by atoms with van der Waals surface area (Å²) >= 11 is 0.149. The van der Waals surface area contributed by atoms with Crippen molar-refractivity contribution in [3.8, 4) is 0 Å². The Hall–Kier alpha value is -1.19. The Balaban J connectivity index is -0.000000332. The molecule has 1 rings (SSSR count). The molecule has 0 spiro atoms. The van der Waals surface area contributed by atoms with E-state index in [1.165, 1.54) is 25.7 Å². The third kappa shape index (κ3) is 15.7. The molecule has 0 saturated heterocycles. The van der Waals surface area contributed by atoms with E-state index in [-0.39, 0.29) is 37.9 Å². The molecule has 0 atom stereocenters. The van der Waals surface area contributed by atoms with Gasteiger partial charge in [-0.15, -0.1) is 0 Å². The first-order chi connectivity index (χ1) is 11.0. The molecule has 24 heavy (non-hydrogen) atoms. The summed E-state index contributed by atoms with van der Waals surface area (Å²) in [6, 6.07) is 4.50. The van der Waals surface area contributed by atoms with Crippen molar-refractivity contribution >= 4 is 32.8 Å². The standard InChI is InChI=1S/C7H5NO4.2C4H9.CH3O.H2O.Sn/c9-7(10)5-1-3-6(4-2-5)8(11)12;2*1-3-4-2;1-2;;/h1-4H,(H,9,10);2*1,3-4H2,2H3;1H3;1H2;/q;;;-1;;+2/p-1. The van der Waals surface area contributed by atoms with Crippen molar-refractivity contribution in [2.75, 3.05) is 7.11 Å². The molecule has 0 saturated carbocycles. The largest absolute Gasteiger partial charge is 0.857 e. The maximum absolute atomic E-state index is 10.2. The fourth-order valence-corrected chi connectivity index (χ4v) is 5.61. The number of hydrogen-bond acceptors (Lipinski definition) is 5. The van der Waals surface area contributed by atoms with Gasteiger partial charge in [0.2, 0.25) is 0 Å². The first kappa shape index (κ1) is 27.6. The van der Waals surface area contributed by atoms with Gasteiger partial charge in [-0.05, 0) is 17.7 Å². The van der Waals surface area contributed by atoms with Gasteiger partial charge in [-0.1, -0.05) is 0 Å². The van der Waals surface area contributed by atoms with E-state index in [1.54, 1.807) is 8.87 Å². The van der Waals surface area contributed by atoms with Crippen LogP contribution in [0.25, 0.3) is 0 Å². The Labute approximate surface area is 153 Å². The van der Waals surface area contributed by atoms with Crippen LogP contribution in [0.5, 0.6) is 0 Å². The molecule has 0 aromatic heterocycles. The molecule has 2 N–H and O–H groups in total. The molecular weight excluding hydrogens is 421 g/mol. The Kier molecular flexibility index (Phi) is 22.9. The predicted molar refractivity (Wildman–Crippen MR) is 92.1 cm³/mol. The van der Waals surface area contributed by atoms with Gasteiger partial charge in [0.15, 0.2) is 0 Å². The van der Waals surface area contributed by atoms with E-state index >= 15 is 0 Å². The average Bonchev–Trinajstić information content (AvgIpc) is 2.57. The molecule has 1 aromatic carbocycles. The maximum Gasteiger partial charge on any atom is 0.269 e. The number of rotatable bonds is 8. The molecule has 0 fully saturated rings. The molecule has 136 valence electrons. The topological polar surface area (TPSA) is 138 Å². The minimum Gasteiger partial charge on any atom is -0.857 e. The van der Waals surface area contributed by atoms with Crippen LogP contribution < -0.4 is 10.2 Å². The van der Waals surface area contributed by atoms with Crippen molar-refractivity contribution < 1.29 is 25.4 Å². The number of benzene rings is 1.